The van der Waals surface area contributed by atoms with Crippen molar-refractivity contribution in [1.82, 2.24) is 0 Å². The molecular formula is C20H23NO4S4. The van der Waals surface area contributed by atoms with Crippen molar-refractivity contribution in [2.24, 2.45) is 0 Å². The second-order valence-corrected chi connectivity index (χ2v) is 10.7. The molecule has 1 aliphatic rings. The minimum Gasteiger partial charge on any atom is -0.494 e. The van der Waals surface area contributed by atoms with E-state index in [9.17, 15) is 9.59 Å². The Kier molecular flexibility index (Phi) is 7.03. The third kappa shape index (κ3) is 4.38. The lowest BCUT2D eigenvalue weighted by molar-refractivity contribution is -0.139. The van der Waals surface area contributed by atoms with Gasteiger partial charge in [0.05, 0.1) is 40.8 Å². The highest BCUT2D eigenvalue weighted by Gasteiger charge is 2.42. The number of benzene rings is 1. The van der Waals surface area contributed by atoms with Crippen LogP contribution in [0.3, 0.4) is 0 Å². The zero-order chi connectivity index (χ0) is 21.2. The number of anilines is 1. The molecule has 3 rings (SSSR count). The number of rotatable bonds is 7. The summed E-state index contributed by atoms with van der Waals surface area (Å²) in [5.41, 5.74) is 2.25. The van der Waals surface area contributed by atoms with Gasteiger partial charge in [-0.05, 0) is 45.9 Å². The van der Waals surface area contributed by atoms with Gasteiger partial charge in [-0.2, -0.15) is 0 Å². The van der Waals surface area contributed by atoms with E-state index in [1.807, 2.05) is 43.9 Å². The van der Waals surface area contributed by atoms with Crippen LogP contribution in [-0.4, -0.2) is 36.6 Å². The minimum absolute atomic E-state index is 0.0512. The van der Waals surface area contributed by atoms with Gasteiger partial charge in [0.1, 0.15) is 9.57 Å². The van der Waals surface area contributed by atoms with E-state index in [1.54, 1.807) is 27.6 Å². The van der Waals surface area contributed by atoms with Gasteiger partial charge in [0, 0.05) is 11.1 Å². The van der Waals surface area contributed by atoms with Gasteiger partial charge >= 0.3 is 5.97 Å². The second kappa shape index (κ2) is 9.16. The van der Waals surface area contributed by atoms with Gasteiger partial charge in [-0.25, -0.2) is 0 Å². The SMILES string of the molecule is CCOC(=O)CSCC(=O)N1c2ccc(OCC)cc2-c2c(ssc2=S)C1(C)C. The molecule has 0 aliphatic carbocycles. The van der Waals surface area contributed by atoms with Crippen molar-refractivity contribution >= 4 is 62.2 Å². The van der Waals surface area contributed by atoms with Crippen LogP contribution in [0.15, 0.2) is 18.2 Å². The maximum atomic E-state index is 13.2. The van der Waals surface area contributed by atoms with Gasteiger partial charge in [-0.3, -0.25) is 9.59 Å². The van der Waals surface area contributed by atoms with Crippen LogP contribution in [0, 0.1) is 3.82 Å². The van der Waals surface area contributed by atoms with Crippen LogP contribution in [0.1, 0.15) is 32.6 Å². The van der Waals surface area contributed by atoms with E-state index in [-0.39, 0.29) is 23.4 Å². The van der Waals surface area contributed by atoms with Crippen LogP contribution < -0.4 is 9.64 Å². The number of nitrogens with zero attached hydrogens (tertiary/aromatic N) is 1. The number of amides is 1. The van der Waals surface area contributed by atoms with E-state index in [0.29, 0.717) is 13.2 Å². The largest absolute Gasteiger partial charge is 0.494 e. The zero-order valence-electron chi connectivity index (χ0n) is 16.8. The molecule has 1 aromatic heterocycles. The number of fused-ring (bicyclic) bond motifs is 3. The van der Waals surface area contributed by atoms with Crippen LogP contribution in [-0.2, 0) is 19.9 Å². The van der Waals surface area contributed by atoms with E-state index in [2.05, 4.69) is 0 Å². The number of hydrogen-bond donors (Lipinski definition) is 0. The van der Waals surface area contributed by atoms with Crippen molar-refractivity contribution in [3.05, 3.63) is 26.9 Å². The fraction of sp³-hybridized carbons (Fsp3) is 0.450. The Morgan fingerprint density at radius 3 is 2.62 bits per heavy atom. The number of carbonyl (C=O) groups excluding carboxylic acids is 2. The molecule has 2 heterocycles. The van der Waals surface area contributed by atoms with Gasteiger partial charge in [0.15, 0.2) is 0 Å². The van der Waals surface area contributed by atoms with E-state index < -0.39 is 5.54 Å². The summed E-state index contributed by atoms with van der Waals surface area (Å²) in [5.74, 6) is 0.756. The molecule has 1 aromatic carbocycles. The number of thioether (sulfide) groups is 1. The maximum Gasteiger partial charge on any atom is 0.315 e. The van der Waals surface area contributed by atoms with Crippen LogP contribution in [0.2, 0.25) is 0 Å². The molecule has 2 aromatic rings. The Hall–Kier alpha value is -1.42. The Balaban J connectivity index is 1.97. The molecule has 0 N–H and O–H groups in total. The Morgan fingerprint density at radius 2 is 1.93 bits per heavy atom. The first-order chi connectivity index (χ1) is 13.8. The normalized spacial score (nSPS) is 14.1. The van der Waals surface area contributed by atoms with Gasteiger partial charge in [-0.15, -0.1) is 11.8 Å². The third-order valence-electron chi connectivity index (χ3n) is 4.54. The third-order valence-corrected chi connectivity index (χ3v) is 8.76. The molecule has 0 atom stereocenters. The number of esters is 1. The van der Waals surface area contributed by atoms with E-state index >= 15 is 0 Å². The molecule has 0 saturated carbocycles. The van der Waals surface area contributed by atoms with E-state index in [1.165, 1.54) is 11.8 Å². The number of carbonyl (C=O) groups is 2. The average molecular weight is 470 g/mol. The zero-order valence-corrected chi connectivity index (χ0v) is 20.0. The average Bonchev–Trinajstić information content (AvgIpc) is 3.05. The van der Waals surface area contributed by atoms with E-state index in [4.69, 9.17) is 21.7 Å². The molecule has 1 aliphatic heterocycles. The molecule has 0 spiro atoms. The van der Waals surface area contributed by atoms with Crippen LogP contribution in [0.4, 0.5) is 5.69 Å². The highest BCUT2D eigenvalue weighted by Crippen LogP contribution is 2.52. The van der Waals surface area contributed by atoms with Gasteiger partial charge in [0.2, 0.25) is 5.91 Å². The van der Waals surface area contributed by atoms with Crippen LogP contribution >= 0.6 is 44.7 Å². The van der Waals surface area contributed by atoms with Crippen molar-refractivity contribution in [3.8, 4) is 16.9 Å². The monoisotopic (exact) mass is 469 g/mol. The summed E-state index contributed by atoms with van der Waals surface area (Å²) in [6, 6.07) is 5.78. The molecule has 0 radical (unpaired) electrons. The maximum absolute atomic E-state index is 13.2. The second-order valence-electron chi connectivity index (χ2n) is 6.86. The van der Waals surface area contributed by atoms with Crippen molar-refractivity contribution in [3.63, 3.8) is 0 Å². The quantitative estimate of drug-likeness (QED) is 0.304. The molecule has 0 bridgehead atoms. The van der Waals surface area contributed by atoms with Gasteiger partial charge < -0.3 is 14.4 Å². The van der Waals surface area contributed by atoms with Gasteiger partial charge in [0.25, 0.3) is 0 Å². The van der Waals surface area contributed by atoms with Gasteiger partial charge in [-0.1, -0.05) is 32.9 Å². The lowest BCUT2D eigenvalue weighted by atomic mass is 9.87. The highest BCUT2D eigenvalue weighted by molar-refractivity contribution is 8.00. The standard InChI is InChI=1S/C20H23NO4S4/c1-5-24-12-7-8-14-13(9-12)17-18(28-29-19(17)26)20(3,4)21(14)15(22)10-27-11-16(23)25-6-2/h7-9H,5-6,10-11H2,1-4H3. The predicted molar refractivity (Wildman–Crippen MR) is 124 cm³/mol. The lowest BCUT2D eigenvalue weighted by Crippen LogP contribution is -2.48. The summed E-state index contributed by atoms with van der Waals surface area (Å²) in [6.45, 7) is 8.69. The van der Waals surface area contributed by atoms with Crippen molar-refractivity contribution in [2.45, 2.75) is 33.2 Å². The van der Waals surface area contributed by atoms with Crippen LogP contribution in [0.5, 0.6) is 5.75 Å². The first-order valence-electron chi connectivity index (χ1n) is 9.28. The summed E-state index contributed by atoms with van der Waals surface area (Å²) in [7, 11) is 3.18. The minimum atomic E-state index is -0.532. The molecule has 156 valence electrons. The summed E-state index contributed by atoms with van der Waals surface area (Å²) in [4.78, 5) is 27.8. The smallest absolute Gasteiger partial charge is 0.315 e. The van der Waals surface area contributed by atoms with Crippen molar-refractivity contribution in [2.75, 3.05) is 29.6 Å². The fourth-order valence-electron chi connectivity index (χ4n) is 3.40. The lowest BCUT2D eigenvalue weighted by Gasteiger charge is -2.43. The highest BCUT2D eigenvalue weighted by atomic mass is 32.9. The molecule has 0 fully saturated rings. The Bertz CT molecular complexity index is 979. The molecule has 29 heavy (non-hydrogen) atoms. The van der Waals surface area contributed by atoms with Crippen LogP contribution in [0.25, 0.3) is 11.1 Å². The number of ether oxygens (including phenoxy) is 2. The first-order valence-corrected chi connectivity index (χ1v) is 13.0. The number of hydrogen-bond acceptors (Lipinski definition) is 8. The van der Waals surface area contributed by atoms with Crippen molar-refractivity contribution < 1.29 is 19.1 Å². The Morgan fingerprint density at radius 1 is 1.17 bits per heavy atom. The molecule has 5 nitrogen and oxygen atoms in total. The predicted octanol–water partition coefficient (Wildman–Crippen LogP) is 5.48. The molecule has 0 saturated heterocycles. The fourth-order valence-corrected chi connectivity index (χ4v) is 7.34. The summed E-state index contributed by atoms with van der Waals surface area (Å²) in [6.07, 6.45) is 0. The topological polar surface area (TPSA) is 55.8 Å². The van der Waals surface area contributed by atoms with Crippen molar-refractivity contribution in [1.29, 1.82) is 0 Å². The first kappa shape index (κ1) is 22.3. The summed E-state index contributed by atoms with van der Waals surface area (Å²) < 4.78 is 11.5. The molecular weight excluding hydrogens is 446 g/mol. The Labute approximate surface area is 187 Å². The molecule has 0 unspecified atom stereocenters. The van der Waals surface area contributed by atoms with E-state index in [0.717, 1.165) is 31.3 Å². The summed E-state index contributed by atoms with van der Waals surface area (Å²) >= 11 is 6.89. The molecule has 9 heteroatoms. The summed E-state index contributed by atoms with van der Waals surface area (Å²) in [5, 5.41) is 0. The molecule has 1 amide bonds.